The first-order valence-corrected chi connectivity index (χ1v) is 8.43. The molecule has 2 saturated heterocycles. The minimum Gasteiger partial charge on any atom is -0.324 e. The molecule has 0 spiro atoms. The monoisotopic (exact) mass is 388 g/mol. The number of hydrogen-bond donors (Lipinski definition) is 3. The molecule has 2 rings (SSSR count). The Balaban J connectivity index is 2.13. The number of rotatable bonds is 6. The number of fused-ring (bicyclic) bond motifs is 2. The molecule has 0 saturated carbocycles. The Morgan fingerprint density at radius 3 is 2.64 bits per heavy atom. The summed E-state index contributed by atoms with van der Waals surface area (Å²) in [4.78, 5) is 29.7. The van der Waals surface area contributed by atoms with E-state index in [2.05, 4.69) is 4.28 Å². The van der Waals surface area contributed by atoms with Crippen molar-refractivity contribution in [2.75, 3.05) is 13.2 Å². The molecule has 2 fully saturated rings. The topological polar surface area (TPSA) is 151 Å². The van der Waals surface area contributed by atoms with Gasteiger partial charge in [-0.25, -0.2) is 19.1 Å². The van der Waals surface area contributed by atoms with E-state index in [4.69, 9.17) is 15.1 Å². The number of hydroxylamine groups is 3. The van der Waals surface area contributed by atoms with Crippen LogP contribution in [0.25, 0.3) is 0 Å². The molecular formula is C11H18F2N4O7S. The van der Waals surface area contributed by atoms with E-state index >= 15 is 0 Å². The van der Waals surface area contributed by atoms with Crippen LogP contribution in [0.1, 0.15) is 20.3 Å². The third-order valence-electron chi connectivity index (χ3n) is 3.51. The van der Waals surface area contributed by atoms with Gasteiger partial charge >= 0.3 is 16.4 Å². The SMILES string of the molecule is CC(C)(N)CONC(=O)C1CC(F)(F)C2CN1C(=O)N2OS(=O)(=O)O. The van der Waals surface area contributed by atoms with E-state index in [0.29, 0.717) is 4.90 Å². The summed E-state index contributed by atoms with van der Waals surface area (Å²) < 4.78 is 62.5. The Morgan fingerprint density at radius 2 is 2.12 bits per heavy atom. The van der Waals surface area contributed by atoms with Crippen LogP contribution >= 0.6 is 0 Å². The van der Waals surface area contributed by atoms with Gasteiger partial charge < -0.3 is 10.6 Å². The van der Waals surface area contributed by atoms with Gasteiger partial charge in [0.15, 0.2) is 0 Å². The number of piperidine rings is 1. The highest BCUT2D eigenvalue weighted by atomic mass is 32.3. The number of nitrogens with two attached hydrogens (primary N) is 1. The summed E-state index contributed by atoms with van der Waals surface area (Å²) in [6.07, 6.45) is -1.07. The van der Waals surface area contributed by atoms with Gasteiger partial charge in [0, 0.05) is 12.0 Å². The molecule has 0 radical (unpaired) electrons. The zero-order valence-corrected chi connectivity index (χ0v) is 14.1. The Hall–Kier alpha value is -1.61. The minimum absolute atomic E-state index is 0.115. The second-order valence-electron chi connectivity index (χ2n) is 6.50. The summed E-state index contributed by atoms with van der Waals surface area (Å²) in [6.45, 7) is 2.43. The zero-order valence-electron chi connectivity index (χ0n) is 13.3. The van der Waals surface area contributed by atoms with Crippen molar-refractivity contribution in [2.24, 2.45) is 5.73 Å². The molecule has 2 heterocycles. The van der Waals surface area contributed by atoms with Gasteiger partial charge in [0.05, 0.1) is 13.2 Å². The fourth-order valence-corrected chi connectivity index (χ4v) is 2.82. The van der Waals surface area contributed by atoms with E-state index in [1.165, 1.54) is 0 Å². The lowest BCUT2D eigenvalue weighted by Gasteiger charge is -2.34. The number of urea groups is 1. The first-order valence-electron chi connectivity index (χ1n) is 7.06. The number of carbonyl (C=O) groups is 2. The van der Waals surface area contributed by atoms with Gasteiger partial charge in [-0.2, -0.15) is 13.5 Å². The third-order valence-corrected chi connectivity index (χ3v) is 3.86. The molecule has 144 valence electrons. The van der Waals surface area contributed by atoms with E-state index in [-0.39, 0.29) is 11.7 Å². The quantitative estimate of drug-likeness (QED) is 0.388. The lowest BCUT2D eigenvalue weighted by Crippen LogP contribution is -2.56. The normalized spacial score (nSPS) is 26.1. The predicted molar refractivity (Wildman–Crippen MR) is 76.1 cm³/mol. The number of halogens is 2. The van der Waals surface area contributed by atoms with Crippen molar-refractivity contribution < 1.29 is 40.5 Å². The number of nitrogens with zero attached hydrogens (tertiary/aromatic N) is 2. The van der Waals surface area contributed by atoms with Gasteiger partial charge in [-0.05, 0) is 13.8 Å². The molecular weight excluding hydrogens is 370 g/mol. The van der Waals surface area contributed by atoms with Crippen molar-refractivity contribution in [3.8, 4) is 0 Å². The van der Waals surface area contributed by atoms with Crippen LogP contribution in [0, 0.1) is 0 Å². The standard InChI is InChI=1S/C11H18F2N4O7S/c1-10(2,14)5-23-15-8(18)6-3-11(12,13)7-4-16(6)9(19)17(7)24-25(20,21)22/h6-7H,3-5,14H2,1-2H3,(H,15,18)(H,20,21,22). The summed E-state index contributed by atoms with van der Waals surface area (Å²) in [7, 11) is -5.19. The molecule has 14 heteroatoms. The summed E-state index contributed by atoms with van der Waals surface area (Å²) in [5.41, 5.74) is 6.78. The van der Waals surface area contributed by atoms with E-state index in [1.54, 1.807) is 13.8 Å². The average Bonchev–Trinajstić information content (AvgIpc) is 2.68. The molecule has 2 aliphatic rings. The average molecular weight is 388 g/mol. The molecule has 0 aromatic rings. The second-order valence-corrected chi connectivity index (χ2v) is 7.51. The number of carbonyl (C=O) groups excluding carboxylic acids is 2. The van der Waals surface area contributed by atoms with Crippen LogP contribution in [0.4, 0.5) is 13.6 Å². The van der Waals surface area contributed by atoms with E-state index in [0.717, 1.165) is 0 Å². The zero-order chi connectivity index (χ0) is 19.2. The molecule has 0 aromatic heterocycles. The van der Waals surface area contributed by atoms with Gasteiger partial charge in [0.1, 0.15) is 12.1 Å². The second kappa shape index (κ2) is 6.28. The van der Waals surface area contributed by atoms with Crippen LogP contribution in [-0.2, 0) is 24.3 Å². The number of hydrogen-bond acceptors (Lipinski definition) is 7. The van der Waals surface area contributed by atoms with Crippen molar-refractivity contribution in [3.63, 3.8) is 0 Å². The van der Waals surface area contributed by atoms with Crippen molar-refractivity contribution in [1.82, 2.24) is 15.4 Å². The molecule has 2 bridgehead atoms. The summed E-state index contributed by atoms with van der Waals surface area (Å²) >= 11 is 0. The maximum absolute atomic E-state index is 14.2. The van der Waals surface area contributed by atoms with Gasteiger partial charge in [0.25, 0.3) is 11.8 Å². The van der Waals surface area contributed by atoms with Gasteiger partial charge in [-0.1, -0.05) is 0 Å². The highest BCUT2D eigenvalue weighted by Gasteiger charge is 2.62. The predicted octanol–water partition coefficient (Wildman–Crippen LogP) is -0.980. The Labute approximate surface area is 141 Å². The van der Waals surface area contributed by atoms with Gasteiger partial charge in [0.2, 0.25) is 0 Å². The summed E-state index contributed by atoms with van der Waals surface area (Å²) in [6, 6.07) is -4.87. The van der Waals surface area contributed by atoms with E-state index in [1.807, 2.05) is 5.48 Å². The molecule has 2 atom stereocenters. The highest BCUT2D eigenvalue weighted by molar-refractivity contribution is 7.80. The molecule has 25 heavy (non-hydrogen) atoms. The van der Waals surface area contributed by atoms with Crippen molar-refractivity contribution >= 4 is 22.3 Å². The maximum atomic E-state index is 14.2. The summed E-state index contributed by atoms with van der Waals surface area (Å²) in [5.74, 6) is -4.66. The molecule has 4 N–H and O–H groups in total. The lowest BCUT2D eigenvalue weighted by atomic mass is 9.96. The van der Waals surface area contributed by atoms with E-state index in [9.17, 15) is 26.8 Å². The number of amides is 3. The van der Waals surface area contributed by atoms with Crippen LogP contribution in [-0.4, -0.2) is 71.6 Å². The van der Waals surface area contributed by atoms with Crippen LogP contribution in [0.3, 0.4) is 0 Å². The lowest BCUT2D eigenvalue weighted by molar-refractivity contribution is -0.159. The van der Waals surface area contributed by atoms with Gasteiger partial charge in [-0.3, -0.25) is 14.2 Å². The fourth-order valence-electron chi connectivity index (χ4n) is 2.45. The van der Waals surface area contributed by atoms with Crippen molar-refractivity contribution in [2.45, 2.75) is 43.8 Å². The number of nitrogens with one attached hydrogen (secondary N) is 1. The van der Waals surface area contributed by atoms with Crippen LogP contribution < -0.4 is 11.2 Å². The van der Waals surface area contributed by atoms with Gasteiger partial charge in [-0.15, -0.1) is 4.28 Å². The highest BCUT2D eigenvalue weighted by Crippen LogP contribution is 2.40. The first kappa shape index (κ1) is 19.7. The Kier molecular flexibility index (Phi) is 4.95. The molecule has 2 unspecified atom stereocenters. The van der Waals surface area contributed by atoms with Crippen LogP contribution in [0.15, 0.2) is 0 Å². The molecule has 3 amide bonds. The molecule has 0 aliphatic carbocycles. The largest absolute Gasteiger partial charge is 0.418 e. The van der Waals surface area contributed by atoms with Crippen LogP contribution in [0.2, 0.25) is 0 Å². The Morgan fingerprint density at radius 1 is 1.52 bits per heavy atom. The third kappa shape index (κ3) is 4.52. The maximum Gasteiger partial charge on any atom is 0.418 e. The Bertz CT molecular complexity index is 666. The first-order chi connectivity index (χ1) is 11.2. The van der Waals surface area contributed by atoms with E-state index < -0.39 is 58.8 Å². The van der Waals surface area contributed by atoms with Crippen molar-refractivity contribution in [3.05, 3.63) is 0 Å². The summed E-state index contributed by atoms with van der Waals surface area (Å²) in [5, 5.41) is -0.146. The van der Waals surface area contributed by atoms with Crippen molar-refractivity contribution in [1.29, 1.82) is 0 Å². The smallest absolute Gasteiger partial charge is 0.324 e. The fraction of sp³-hybridized carbons (Fsp3) is 0.818. The molecule has 11 nitrogen and oxygen atoms in total. The van der Waals surface area contributed by atoms with Crippen LogP contribution in [0.5, 0.6) is 0 Å². The molecule has 0 aromatic carbocycles. The minimum atomic E-state index is -5.19. The number of alkyl halides is 2. The molecule has 2 aliphatic heterocycles.